The van der Waals surface area contributed by atoms with Crippen molar-refractivity contribution in [3.63, 3.8) is 0 Å². The van der Waals surface area contributed by atoms with Crippen LogP contribution in [-0.2, 0) is 4.74 Å². The summed E-state index contributed by atoms with van der Waals surface area (Å²) in [4.78, 5) is 10.4. The molecule has 0 spiro atoms. The second-order valence-corrected chi connectivity index (χ2v) is 5.25. The first-order valence-corrected chi connectivity index (χ1v) is 6.86. The Morgan fingerprint density at radius 1 is 1.58 bits per heavy atom. The van der Waals surface area contributed by atoms with Crippen molar-refractivity contribution in [1.29, 1.82) is 0 Å². The Kier molecular flexibility index (Phi) is 4.71. The predicted molar refractivity (Wildman–Crippen MR) is 72.8 cm³/mol. The van der Waals surface area contributed by atoms with Gasteiger partial charge in [0, 0.05) is 25.3 Å². The van der Waals surface area contributed by atoms with Crippen LogP contribution in [0, 0.1) is 15.9 Å². The van der Waals surface area contributed by atoms with Gasteiger partial charge in [-0.2, -0.15) is 0 Å². The van der Waals surface area contributed by atoms with Crippen LogP contribution in [0.5, 0.6) is 0 Å². The summed E-state index contributed by atoms with van der Waals surface area (Å²) < 4.78 is 19.0. The maximum atomic E-state index is 13.4. The van der Waals surface area contributed by atoms with Crippen LogP contribution in [0.2, 0.25) is 0 Å². The molecule has 19 heavy (non-hydrogen) atoms. The topological polar surface area (TPSA) is 64.4 Å². The average molecular weight is 333 g/mol. The van der Waals surface area contributed by atoms with E-state index in [9.17, 15) is 14.5 Å². The molecule has 0 bridgehead atoms. The monoisotopic (exact) mass is 332 g/mol. The molecular formula is C12H14BrFN2O3. The number of nitro groups is 1. The number of nitro benzene ring substituents is 1. The number of benzene rings is 1. The number of hydrogen-bond donors (Lipinski definition) is 1. The van der Waals surface area contributed by atoms with Crippen molar-refractivity contribution in [1.82, 2.24) is 0 Å². The fourth-order valence-corrected chi connectivity index (χ4v) is 2.40. The lowest BCUT2D eigenvalue weighted by molar-refractivity contribution is -0.384. The molecule has 2 rings (SSSR count). The fraction of sp³-hybridized carbons (Fsp3) is 0.500. The normalized spacial score (nSPS) is 18.5. The van der Waals surface area contributed by atoms with E-state index in [1.807, 2.05) is 0 Å². The van der Waals surface area contributed by atoms with Crippen molar-refractivity contribution < 1.29 is 14.1 Å². The van der Waals surface area contributed by atoms with Crippen LogP contribution >= 0.6 is 15.9 Å². The molecule has 1 heterocycles. The van der Waals surface area contributed by atoms with Crippen LogP contribution < -0.4 is 5.32 Å². The SMILES string of the molecule is O=[N+]([O-])c1cc(Br)c(F)cc1NCCC1CCCO1. The van der Waals surface area contributed by atoms with E-state index in [0.717, 1.165) is 31.9 Å². The molecule has 0 saturated carbocycles. The van der Waals surface area contributed by atoms with Crippen LogP contribution in [0.4, 0.5) is 15.8 Å². The number of rotatable bonds is 5. The highest BCUT2D eigenvalue weighted by Crippen LogP contribution is 2.30. The Balaban J connectivity index is 2.01. The zero-order valence-electron chi connectivity index (χ0n) is 10.2. The van der Waals surface area contributed by atoms with Gasteiger partial charge in [-0.05, 0) is 35.2 Å². The molecule has 0 aromatic heterocycles. The lowest BCUT2D eigenvalue weighted by Gasteiger charge is -2.11. The molecule has 1 N–H and O–H groups in total. The lowest BCUT2D eigenvalue weighted by atomic mass is 10.2. The van der Waals surface area contributed by atoms with Gasteiger partial charge in [-0.15, -0.1) is 0 Å². The number of ether oxygens (including phenoxy) is 1. The van der Waals surface area contributed by atoms with Crippen molar-refractivity contribution in [2.45, 2.75) is 25.4 Å². The molecule has 0 radical (unpaired) electrons. The van der Waals surface area contributed by atoms with E-state index < -0.39 is 10.7 Å². The van der Waals surface area contributed by atoms with Gasteiger partial charge in [0.1, 0.15) is 11.5 Å². The van der Waals surface area contributed by atoms with Gasteiger partial charge in [-0.3, -0.25) is 10.1 Å². The second kappa shape index (κ2) is 6.29. The van der Waals surface area contributed by atoms with Gasteiger partial charge in [0.25, 0.3) is 5.69 Å². The minimum absolute atomic E-state index is 0.0869. The van der Waals surface area contributed by atoms with Gasteiger partial charge in [0.15, 0.2) is 0 Å². The average Bonchev–Trinajstić information content (AvgIpc) is 2.86. The third-order valence-electron chi connectivity index (χ3n) is 3.04. The van der Waals surface area contributed by atoms with Gasteiger partial charge in [0.05, 0.1) is 15.5 Å². The van der Waals surface area contributed by atoms with E-state index in [4.69, 9.17) is 4.74 Å². The number of hydrogen-bond acceptors (Lipinski definition) is 4. The van der Waals surface area contributed by atoms with Gasteiger partial charge in [-0.25, -0.2) is 4.39 Å². The standard InChI is InChI=1S/C12H14BrFN2O3/c13-9-6-12(16(17)18)11(7-10(9)14)15-4-3-8-2-1-5-19-8/h6-8,15H,1-5H2. The summed E-state index contributed by atoms with van der Waals surface area (Å²) in [6, 6.07) is 2.31. The van der Waals surface area contributed by atoms with Crippen LogP contribution in [0.3, 0.4) is 0 Å². The van der Waals surface area contributed by atoms with Gasteiger partial charge in [0.2, 0.25) is 0 Å². The Hall–Kier alpha value is -1.21. The summed E-state index contributed by atoms with van der Waals surface area (Å²) in [6.07, 6.45) is 3.03. The van der Waals surface area contributed by atoms with Crippen molar-refractivity contribution in [3.8, 4) is 0 Å². The Bertz CT molecular complexity index is 478. The summed E-state index contributed by atoms with van der Waals surface area (Å²) in [6.45, 7) is 1.30. The number of nitrogens with one attached hydrogen (secondary N) is 1. The first-order valence-electron chi connectivity index (χ1n) is 6.07. The molecular weight excluding hydrogens is 319 g/mol. The van der Waals surface area contributed by atoms with E-state index in [-0.39, 0.29) is 22.0 Å². The molecule has 1 aliphatic rings. The van der Waals surface area contributed by atoms with Gasteiger partial charge in [-0.1, -0.05) is 0 Å². The number of nitrogens with zero attached hydrogens (tertiary/aromatic N) is 1. The van der Waals surface area contributed by atoms with Crippen molar-refractivity contribution in [2.24, 2.45) is 0 Å². The zero-order chi connectivity index (χ0) is 13.8. The minimum Gasteiger partial charge on any atom is -0.379 e. The van der Waals surface area contributed by atoms with E-state index >= 15 is 0 Å². The van der Waals surface area contributed by atoms with Crippen molar-refractivity contribution >= 4 is 27.3 Å². The number of anilines is 1. The Labute approximate surface area is 118 Å². The van der Waals surface area contributed by atoms with Crippen LogP contribution in [0.1, 0.15) is 19.3 Å². The molecule has 1 saturated heterocycles. The second-order valence-electron chi connectivity index (χ2n) is 4.39. The minimum atomic E-state index is -0.529. The van der Waals surface area contributed by atoms with E-state index in [0.29, 0.717) is 6.54 Å². The summed E-state index contributed by atoms with van der Waals surface area (Å²) in [7, 11) is 0. The largest absolute Gasteiger partial charge is 0.379 e. The maximum Gasteiger partial charge on any atom is 0.293 e. The Morgan fingerprint density at radius 3 is 3.00 bits per heavy atom. The molecule has 1 aliphatic heterocycles. The zero-order valence-corrected chi connectivity index (χ0v) is 11.8. The third-order valence-corrected chi connectivity index (χ3v) is 3.65. The van der Waals surface area contributed by atoms with Crippen molar-refractivity contribution in [3.05, 3.63) is 32.5 Å². The first kappa shape index (κ1) is 14.2. The van der Waals surface area contributed by atoms with E-state index in [1.165, 1.54) is 6.07 Å². The smallest absolute Gasteiger partial charge is 0.293 e. The predicted octanol–water partition coefficient (Wildman–Crippen LogP) is 3.48. The molecule has 1 aromatic carbocycles. The summed E-state index contributed by atoms with van der Waals surface area (Å²) in [5.41, 5.74) is 0.0595. The summed E-state index contributed by atoms with van der Waals surface area (Å²) in [5.74, 6) is -0.523. The van der Waals surface area contributed by atoms with E-state index in [2.05, 4.69) is 21.2 Å². The van der Waals surface area contributed by atoms with Gasteiger partial charge < -0.3 is 10.1 Å². The first-order chi connectivity index (χ1) is 9.08. The van der Waals surface area contributed by atoms with E-state index in [1.54, 1.807) is 0 Å². The highest BCUT2D eigenvalue weighted by atomic mass is 79.9. The molecule has 1 atom stereocenters. The molecule has 0 amide bonds. The summed E-state index contributed by atoms with van der Waals surface area (Å²) in [5, 5.41) is 13.8. The van der Waals surface area contributed by atoms with Crippen LogP contribution in [-0.4, -0.2) is 24.2 Å². The van der Waals surface area contributed by atoms with Crippen LogP contribution in [0.25, 0.3) is 0 Å². The molecule has 1 unspecified atom stereocenters. The lowest BCUT2D eigenvalue weighted by Crippen LogP contribution is -2.13. The third kappa shape index (κ3) is 3.63. The van der Waals surface area contributed by atoms with Crippen LogP contribution in [0.15, 0.2) is 16.6 Å². The summed E-state index contributed by atoms with van der Waals surface area (Å²) >= 11 is 2.94. The molecule has 1 aromatic rings. The molecule has 104 valence electrons. The molecule has 1 fully saturated rings. The highest BCUT2D eigenvalue weighted by molar-refractivity contribution is 9.10. The highest BCUT2D eigenvalue weighted by Gasteiger charge is 2.19. The molecule has 5 nitrogen and oxygen atoms in total. The maximum absolute atomic E-state index is 13.4. The molecule has 0 aliphatic carbocycles. The van der Waals surface area contributed by atoms with Crippen molar-refractivity contribution in [2.75, 3.05) is 18.5 Å². The Morgan fingerprint density at radius 2 is 2.37 bits per heavy atom. The fourth-order valence-electron chi connectivity index (χ4n) is 2.07. The number of halogens is 2. The quantitative estimate of drug-likeness (QED) is 0.662. The molecule has 7 heteroatoms. The van der Waals surface area contributed by atoms with Gasteiger partial charge >= 0.3 is 0 Å².